The van der Waals surface area contributed by atoms with Crippen LogP contribution in [0.5, 0.6) is 0 Å². The summed E-state index contributed by atoms with van der Waals surface area (Å²) in [5, 5.41) is 2.93. The van der Waals surface area contributed by atoms with Crippen molar-refractivity contribution in [3.63, 3.8) is 0 Å². The molecule has 2 rings (SSSR count). The number of hydrogen-bond donors (Lipinski definition) is 2. The average Bonchev–Trinajstić information content (AvgIpc) is 2.40. The molecule has 0 bridgehead atoms. The van der Waals surface area contributed by atoms with E-state index in [0.29, 0.717) is 13.0 Å². The van der Waals surface area contributed by atoms with Crippen LogP contribution in [0.15, 0.2) is 29.2 Å². The zero-order valence-corrected chi connectivity index (χ0v) is 11.3. The van der Waals surface area contributed by atoms with Crippen molar-refractivity contribution in [2.75, 3.05) is 13.2 Å². The molecular weight excluding hydrogens is 246 g/mol. The molecule has 1 N–H and O–H groups in total. The fourth-order valence-corrected chi connectivity index (χ4v) is 2.21. The number of carbonyl (C=O) groups is 1. The Hall–Kier alpha value is -1.00. The number of nitrogens with one attached hydrogen (secondary N) is 1. The summed E-state index contributed by atoms with van der Waals surface area (Å²) in [6.45, 7) is 1.45. The van der Waals surface area contributed by atoms with Gasteiger partial charge in [0.2, 0.25) is 5.91 Å². The Balaban J connectivity index is 1.73. The van der Waals surface area contributed by atoms with Crippen LogP contribution in [0.25, 0.3) is 0 Å². The molecular formula is C14H19NO2S. The van der Waals surface area contributed by atoms with Crippen LogP contribution in [-0.4, -0.2) is 25.2 Å². The van der Waals surface area contributed by atoms with Gasteiger partial charge in [-0.05, 0) is 37.0 Å². The van der Waals surface area contributed by atoms with Crippen molar-refractivity contribution in [3.05, 3.63) is 29.8 Å². The van der Waals surface area contributed by atoms with Crippen molar-refractivity contribution >= 4 is 18.5 Å². The molecule has 1 heterocycles. The van der Waals surface area contributed by atoms with Gasteiger partial charge in [-0.25, -0.2) is 0 Å². The van der Waals surface area contributed by atoms with Gasteiger partial charge >= 0.3 is 0 Å². The van der Waals surface area contributed by atoms with E-state index in [4.69, 9.17) is 4.74 Å². The smallest absolute Gasteiger partial charge is 0.224 e. The summed E-state index contributed by atoms with van der Waals surface area (Å²) < 4.78 is 5.57. The van der Waals surface area contributed by atoms with Crippen LogP contribution in [0.3, 0.4) is 0 Å². The number of amides is 1. The zero-order chi connectivity index (χ0) is 12.8. The highest BCUT2D eigenvalue weighted by molar-refractivity contribution is 7.80. The summed E-state index contributed by atoms with van der Waals surface area (Å²) in [7, 11) is 0. The Labute approximate surface area is 113 Å². The minimum absolute atomic E-state index is 0.0519. The van der Waals surface area contributed by atoms with E-state index in [1.165, 1.54) is 6.42 Å². The molecule has 1 aromatic rings. The fraction of sp³-hybridized carbons (Fsp3) is 0.500. The average molecular weight is 265 g/mol. The lowest BCUT2D eigenvalue weighted by molar-refractivity contribution is -0.121. The first-order chi connectivity index (χ1) is 8.74. The number of rotatable bonds is 4. The maximum Gasteiger partial charge on any atom is 0.224 e. The van der Waals surface area contributed by atoms with Gasteiger partial charge in [-0.15, -0.1) is 12.6 Å². The van der Waals surface area contributed by atoms with E-state index < -0.39 is 0 Å². The van der Waals surface area contributed by atoms with Crippen molar-refractivity contribution in [2.24, 2.45) is 0 Å². The number of carbonyl (C=O) groups excluding carboxylic acids is 1. The van der Waals surface area contributed by atoms with Crippen LogP contribution in [0.4, 0.5) is 0 Å². The second-order valence-corrected chi connectivity index (χ2v) is 5.15. The van der Waals surface area contributed by atoms with Gasteiger partial charge in [0.25, 0.3) is 0 Å². The Kier molecular flexibility index (Phi) is 5.08. The highest BCUT2D eigenvalue weighted by atomic mass is 32.1. The van der Waals surface area contributed by atoms with E-state index in [-0.39, 0.29) is 12.0 Å². The maximum atomic E-state index is 11.8. The number of thiol groups is 1. The molecule has 0 radical (unpaired) electrons. The lowest BCUT2D eigenvalue weighted by Crippen LogP contribution is -2.36. The maximum absolute atomic E-state index is 11.8. The molecule has 1 fully saturated rings. The zero-order valence-electron chi connectivity index (χ0n) is 10.4. The second kappa shape index (κ2) is 6.81. The molecule has 98 valence electrons. The summed E-state index contributed by atoms with van der Waals surface area (Å²) in [5.41, 5.74) is 1.01. The molecule has 1 unspecified atom stereocenters. The van der Waals surface area contributed by atoms with Crippen molar-refractivity contribution in [1.82, 2.24) is 5.32 Å². The van der Waals surface area contributed by atoms with Crippen molar-refractivity contribution in [1.29, 1.82) is 0 Å². The highest BCUT2D eigenvalue weighted by Gasteiger charge is 2.14. The lowest BCUT2D eigenvalue weighted by Gasteiger charge is -2.22. The van der Waals surface area contributed by atoms with Crippen LogP contribution in [-0.2, 0) is 16.0 Å². The first-order valence-electron chi connectivity index (χ1n) is 6.40. The van der Waals surface area contributed by atoms with Crippen molar-refractivity contribution < 1.29 is 9.53 Å². The van der Waals surface area contributed by atoms with Gasteiger partial charge in [-0.2, -0.15) is 0 Å². The van der Waals surface area contributed by atoms with Crippen LogP contribution in [0.2, 0.25) is 0 Å². The summed E-state index contributed by atoms with van der Waals surface area (Å²) in [5.74, 6) is 0.0519. The summed E-state index contributed by atoms with van der Waals surface area (Å²) >= 11 is 4.22. The van der Waals surface area contributed by atoms with E-state index in [1.54, 1.807) is 0 Å². The molecule has 0 aliphatic carbocycles. The SMILES string of the molecule is O=C(Cc1ccc(S)cc1)NCC1CCCCO1. The van der Waals surface area contributed by atoms with Gasteiger partial charge in [-0.1, -0.05) is 12.1 Å². The molecule has 0 saturated carbocycles. The van der Waals surface area contributed by atoms with Gasteiger partial charge in [0, 0.05) is 18.0 Å². The van der Waals surface area contributed by atoms with Gasteiger partial charge in [0.15, 0.2) is 0 Å². The second-order valence-electron chi connectivity index (χ2n) is 4.64. The Morgan fingerprint density at radius 2 is 2.11 bits per heavy atom. The largest absolute Gasteiger partial charge is 0.376 e. The van der Waals surface area contributed by atoms with E-state index in [0.717, 1.165) is 29.9 Å². The Bertz CT molecular complexity index is 385. The molecule has 0 aromatic heterocycles. The first-order valence-corrected chi connectivity index (χ1v) is 6.85. The first kappa shape index (κ1) is 13.4. The molecule has 1 aliphatic heterocycles. The van der Waals surface area contributed by atoms with Crippen LogP contribution in [0, 0.1) is 0 Å². The molecule has 4 heteroatoms. The summed E-state index contributed by atoms with van der Waals surface area (Å²) in [4.78, 5) is 12.7. The van der Waals surface area contributed by atoms with E-state index in [1.807, 2.05) is 24.3 Å². The topological polar surface area (TPSA) is 38.3 Å². The molecule has 3 nitrogen and oxygen atoms in total. The lowest BCUT2D eigenvalue weighted by atomic mass is 10.1. The van der Waals surface area contributed by atoms with E-state index in [2.05, 4.69) is 17.9 Å². The van der Waals surface area contributed by atoms with Crippen molar-refractivity contribution in [2.45, 2.75) is 36.7 Å². The van der Waals surface area contributed by atoms with Gasteiger partial charge in [0.1, 0.15) is 0 Å². The van der Waals surface area contributed by atoms with Gasteiger partial charge < -0.3 is 10.1 Å². The van der Waals surface area contributed by atoms with Crippen LogP contribution < -0.4 is 5.32 Å². The third kappa shape index (κ3) is 4.35. The standard InChI is InChI=1S/C14H19NO2S/c16-14(9-11-4-6-13(18)7-5-11)15-10-12-3-1-2-8-17-12/h4-7,12,18H,1-3,8-10H2,(H,15,16). The number of ether oxygens (including phenoxy) is 1. The molecule has 1 amide bonds. The third-order valence-electron chi connectivity index (χ3n) is 3.10. The minimum Gasteiger partial charge on any atom is -0.376 e. The molecule has 1 aromatic carbocycles. The van der Waals surface area contributed by atoms with Crippen molar-refractivity contribution in [3.8, 4) is 0 Å². The number of benzene rings is 1. The molecule has 0 spiro atoms. The van der Waals surface area contributed by atoms with Crippen LogP contribution >= 0.6 is 12.6 Å². The Morgan fingerprint density at radius 1 is 1.33 bits per heavy atom. The third-order valence-corrected chi connectivity index (χ3v) is 3.40. The van der Waals surface area contributed by atoms with Gasteiger partial charge in [0.05, 0.1) is 12.5 Å². The molecule has 18 heavy (non-hydrogen) atoms. The van der Waals surface area contributed by atoms with Crippen LogP contribution in [0.1, 0.15) is 24.8 Å². The quantitative estimate of drug-likeness (QED) is 0.819. The molecule has 1 aliphatic rings. The molecule has 1 atom stereocenters. The highest BCUT2D eigenvalue weighted by Crippen LogP contribution is 2.12. The molecule has 1 saturated heterocycles. The predicted molar refractivity (Wildman–Crippen MR) is 74.0 cm³/mol. The Morgan fingerprint density at radius 3 is 2.78 bits per heavy atom. The van der Waals surface area contributed by atoms with E-state index >= 15 is 0 Å². The van der Waals surface area contributed by atoms with Gasteiger partial charge in [-0.3, -0.25) is 4.79 Å². The number of hydrogen-bond acceptors (Lipinski definition) is 3. The van der Waals surface area contributed by atoms with E-state index in [9.17, 15) is 4.79 Å². The minimum atomic E-state index is 0.0519. The summed E-state index contributed by atoms with van der Waals surface area (Å²) in [6, 6.07) is 7.66. The normalized spacial score (nSPS) is 19.5. The monoisotopic (exact) mass is 265 g/mol. The summed E-state index contributed by atoms with van der Waals surface area (Å²) in [6.07, 6.45) is 4.00. The fourth-order valence-electron chi connectivity index (χ4n) is 2.06. The predicted octanol–water partition coefficient (Wildman–Crippen LogP) is 2.20.